The maximum Gasteiger partial charge on any atom is 0.260 e. The number of methoxy groups -OCH3 is 2. The van der Waals surface area contributed by atoms with Gasteiger partial charge in [-0.15, -0.1) is 0 Å². The summed E-state index contributed by atoms with van der Waals surface area (Å²) in [6.45, 7) is 7.83. The van der Waals surface area contributed by atoms with Crippen LogP contribution in [0.4, 0.5) is 5.95 Å². The Morgan fingerprint density at radius 1 is 0.974 bits per heavy atom. The minimum absolute atomic E-state index is 0.286. The SMILES string of the molecule is COc1cc(OC)c(Cl)c(-c2ccc(C(=O)Nc3nccn3COCC[Si](C)(C)C)c3nccnc23)c1Cl. The number of carbonyl (C=O) groups excluding carboxylic acids is 1. The lowest BCUT2D eigenvalue weighted by molar-refractivity contribution is 0.0879. The number of fused-ring (bicyclic) bond motifs is 1. The van der Waals surface area contributed by atoms with Crippen LogP contribution in [0.5, 0.6) is 11.5 Å². The van der Waals surface area contributed by atoms with Crippen LogP contribution in [0.2, 0.25) is 35.7 Å². The maximum atomic E-state index is 13.4. The third-order valence-electron chi connectivity index (χ3n) is 5.88. The summed E-state index contributed by atoms with van der Waals surface area (Å²) in [4.78, 5) is 26.6. The summed E-state index contributed by atoms with van der Waals surface area (Å²) in [5.41, 5.74) is 2.17. The number of ether oxygens (including phenoxy) is 3. The van der Waals surface area contributed by atoms with E-state index in [1.165, 1.54) is 26.6 Å². The van der Waals surface area contributed by atoms with Gasteiger partial charge in [-0.25, -0.2) is 4.98 Å². The van der Waals surface area contributed by atoms with Gasteiger partial charge in [-0.1, -0.05) is 48.9 Å². The van der Waals surface area contributed by atoms with E-state index in [0.29, 0.717) is 61.8 Å². The van der Waals surface area contributed by atoms with Crippen molar-refractivity contribution < 1.29 is 19.0 Å². The van der Waals surface area contributed by atoms with E-state index >= 15 is 0 Å². The van der Waals surface area contributed by atoms with Gasteiger partial charge in [-0.2, -0.15) is 0 Å². The van der Waals surface area contributed by atoms with Crippen molar-refractivity contribution in [3.8, 4) is 22.6 Å². The van der Waals surface area contributed by atoms with Crippen LogP contribution < -0.4 is 14.8 Å². The Kier molecular flexibility index (Phi) is 8.56. The molecule has 0 aliphatic heterocycles. The minimum Gasteiger partial charge on any atom is -0.495 e. The van der Waals surface area contributed by atoms with Crippen molar-refractivity contribution in [1.82, 2.24) is 19.5 Å². The van der Waals surface area contributed by atoms with Crippen molar-refractivity contribution >= 4 is 54.2 Å². The Balaban J connectivity index is 1.66. The second-order valence-corrected chi connectivity index (χ2v) is 16.1. The number of aromatic nitrogens is 4. The third-order valence-corrected chi connectivity index (χ3v) is 8.33. The highest BCUT2D eigenvalue weighted by Gasteiger charge is 2.23. The number of carbonyl (C=O) groups is 1. The van der Waals surface area contributed by atoms with Gasteiger partial charge in [0.15, 0.2) is 0 Å². The van der Waals surface area contributed by atoms with Crippen molar-refractivity contribution in [3.05, 3.63) is 58.6 Å². The van der Waals surface area contributed by atoms with E-state index in [4.69, 9.17) is 37.4 Å². The predicted molar refractivity (Wildman–Crippen MR) is 152 cm³/mol. The van der Waals surface area contributed by atoms with Gasteiger partial charge in [-0.3, -0.25) is 24.6 Å². The molecule has 0 atom stereocenters. The normalized spacial score (nSPS) is 11.6. The Labute approximate surface area is 232 Å². The smallest absolute Gasteiger partial charge is 0.260 e. The van der Waals surface area contributed by atoms with Crippen molar-refractivity contribution in [1.29, 1.82) is 0 Å². The first-order chi connectivity index (χ1) is 18.1. The maximum absolute atomic E-state index is 13.4. The molecule has 200 valence electrons. The molecule has 1 amide bonds. The number of benzene rings is 2. The lowest BCUT2D eigenvalue weighted by Crippen LogP contribution is -2.22. The molecule has 0 saturated carbocycles. The van der Waals surface area contributed by atoms with Crippen LogP contribution in [-0.2, 0) is 11.5 Å². The topological polar surface area (TPSA) is 100 Å². The standard InChI is InChI=1S/C26H29Cl2N5O4Si/c1-35-18-14-19(36-2)22(28)20(21(18)27)16-6-7-17(24-23(16)29-8-9-30-24)25(34)32-26-31-10-11-33(26)15-37-12-13-38(3,4)5/h6-11,14H,12-13,15H2,1-5H3,(H,31,32,34). The van der Waals surface area contributed by atoms with Gasteiger partial charge in [0.1, 0.15) is 23.7 Å². The van der Waals surface area contributed by atoms with Crippen LogP contribution in [-0.4, -0.2) is 54.3 Å². The molecular formula is C26H29Cl2N5O4Si. The van der Waals surface area contributed by atoms with Gasteiger partial charge >= 0.3 is 0 Å². The fraction of sp³-hybridized carbons (Fsp3) is 0.308. The molecule has 0 aliphatic carbocycles. The molecule has 0 radical (unpaired) electrons. The Morgan fingerprint density at radius 3 is 2.26 bits per heavy atom. The molecule has 4 rings (SSSR count). The largest absolute Gasteiger partial charge is 0.495 e. The van der Waals surface area contributed by atoms with Crippen LogP contribution in [0, 0.1) is 0 Å². The van der Waals surface area contributed by atoms with E-state index in [0.717, 1.165) is 6.04 Å². The van der Waals surface area contributed by atoms with E-state index in [-0.39, 0.29) is 6.73 Å². The molecule has 38 heavy (non-hydrogen) atoms. The molecule has 2 heterocycles. The summed E-state index contributed by atoms with van der Waals surface area (Å²) in [5, 5.41) is 3.44. The average molecular weight is 575 g/mol. The van der Waals surface area contributed by atoms with Crippen LogP contribution in [0.1, 0.15) is 10.4 Å². The Hall–Kier alpha value is -3.18. The van der Waals surface area contributed by atoms with Crippen LogP contribution >= 0.6 is 23.2 Å². The van der Waals surface area contributed by atoms with Gasteiger partial charge in [0.25, 0.3) is 5.91 Å². The number of imidazole rings is 1. The van der Waals surface area contributed by atoms with Gasteiger partial charge in [0, 0.05) is 56.7 Å². The molecule has 2 aromatic heterocycles. The molecule has 9 nitrogen and oxygen atoms in total. The monoisotopic (exact) mass is 573 g/mol. The van der Waals surface area contributed by atoms with E-state index in [1.54, 1.807) is 35.2 Å². The second-order valence-electron chi connectivity index (χ2n) is 9.72. The van der Waals surface area contributed by atoms with Crippen molar-refractivity contribution in [3.63, 3.8) is 0 Å². The summed E-state index contributed by atoms with van der Waals surface area (Å²) in [5.74, 6) is 0.756. The van der Waals surface area contributed by atoms with E-state index in [1.807, 2.05) is 0 Å². The van der Waals surface area contributed by atoms with E-state index < -0.39 is 14.0 Å². The highest BCUT2D eigenvalue weighted by molar-refractivity contribution is 6.76. The number of rotatable bonds is 10. The summed E-state index contributed by atoms with van der Waals surface area (Å²) >= 11 is 13.3. The fourth-order valence-corrected chi connectivity index (χ4v) is 5.27. The number of nitrogens with one attached hydrogen (secondary N) is 1. The summed E-state index contributed by atoms with van der Waals surface area (Å²) < 4.78 is 18.4. The summed E-state index contributed by atoms with van der Waals surface area (Å²) in [6.07, 6.45) is 6.42. The molecule has 1 N–H and O–H groups in total. The first-order valence-electron chi connectivity index (χ1n) is 11.9. The zero-order valence-electron chi connectivity index (χ0n) is 21.8. The van der Waals surface area contributed by atoms with E-state index in [2.05, 4.69) is 39.9 Å². The zero-order chi connectivity index (χ0) is 27.4. The molecule has 0 saturated heterocycles. The van der Waals surface area contributed by atoms with Gasteiger partial charge in [0.05, 0.1) is 35.3 Å². The Bertz CT molecular complexity index is 1440. The fourth-order valence-electron chi connectivity index (χ4n) is 3.81. The number of nitrogens with zero attached hydrogens (tertiary/aromatic N) is 4. The van der Waals surface area contributed by atoms with Crippen LogP contribution in [0.15, 0.2) is 43.0 Å². The number of halogens is 2. The molecule has 0 fully saturated rings. The summed E-state index contributed by atoms with van der Waals surface area (Å²) in [6, 6.07) is 6.04. The first kappa shape index (κ1) is 27.8. The molecule has 0 aliphatic rings. The molecular weight excluding hydrogens is 545 g/mol. The molecule has 2 aromatic carbocycles. The third kappa shape index (κ3) is 5.93. The quantitative estimate of drug-likeness (QED) is 0.173. The van der Waals surface area contributed by atoms with E-state index in [9.17, 15) is 4.79 Å². The second kappa shape index (κ2) is 11.7. The minimum atomic E-state index is -1.20. The summed E-state index contributed by atoms with van der Waals surface area (Å²) in [7, 11) is 1.81. The highest BCUT2D eigenvalue weighted by atomic mass is 35.5. The van der Waals surface area contributed by atoms with Crippen LogP contribution in [0.3, 0.4) is 0 Å². The van der Waals surface area contributed by atoms with Crippen LogP contribution in [0.25, 0.3) is 22.2 Å². The zero-order valence-corrected chi connectivity index (χ0v) is 24.4. The number of amides is 1. The van der Waals surface area contributed by atoms with Crippen molar-refractivity contribution in [2.45, 2.75) is 32.4 Å². The van der Waals surface area contributed by atoms with Crippen molar-refractivity contribution in [2.75, 3.05) is 26.1 Å². The van der Waals surface area contributed by atoms with Gasteiger partial charge in [-0.05, 0) is 12.1 Å². The Morgan fingerprint density at radius 2 is 1.63 bits per heavy atom. The molecule has 0 bridgehead atoms. The average Bonchev–Trinajstić information content (AvgIpc) is 3.33. The molecule has 4 aromatic rings. The predicted octanol–water partition coefficient (Wildman–Crippen LogP) is 6.38. The van der Waals surface area contributed by atoms with Gasteiger partial charge < -0.3 is 14.2 Å². The number of anilines is 1. The molecule has 0 spiro atoms. The van der Waals surface area contributed by atoms with Gasteiger partial charge in [0.2, 0.25) is 5.95 Å². The van der Waals surface area contributed by atoms with Crippen molar-refractivity contribution in [2.24, 2.45) is 0 Å². The molecule has 12 heteroatoms. The number of hydrogen-bond acceptors (Lipinski definition) is 7. The molecule has 0 unspecified atom stereocenters. The first-order valence-corrected chi connectivity index (χ1v) is 16.3. The number of hydrogen-bond donors (Lipinski definition) is 1. The lowest BCUT2D eigenvalue weighted by atomic mass is 9.99. The lowest BCUT2D eigenvalue weighted by Gasteiger charge is -2.17. The highest BCUT2D eigenvalue weighted by Crippen LogP contribution is 2.47.